The fraction of sp³-hybridized carbons (Fsp3) is 0.333. The summed E-state index contributed by atoms with van der Waals surface area (Å²) in [6.07, 6.45) is 0.952. The second kappa shape index (κ2) is 4.11. The molecule has 0 fully saturated rings. The predicted octanol–water partition coefficient (Wildman–Crippen LogP) is 2.32. The van der Waals surface area contributed by atoms with Crippen LogP contribution in [-0.4, -0.2) is 8.42 Å². The van der Waals surface area contributed by atoms with Gasteiger partial charge in [-0.25, -0.2) is 8.42 Å². The van der Waals surface area contributed by atoms with Gasteiger partial charge in [0, 0.05) is 10.7 Å². The van der Waals surface area contributed by atoms with Gasteiger partial charge in [0.1, 0.15) is 0 Å². The van der Waals surface area contributed by atoms with Crippen molar-refractivity contribution in [3.8, 4) is 0 Å². The maximum absolute atomic E-state index is 10.7. The average molecular weight is 219 g/mol. The summed E-state index contributed by atoms with van der Waals surface area (Å²) < 4.78 is 21.4. The van der Waals surface area contributed by atoms with E-state index in [1.165, 1.54) is 5.56 Å². The standard InChI is InChI=1S/C9H11ClO2S/c1-2-8-3-5-9(6-4-8)7-13(10,11)12/h3-6H,2,7H2,1H3. The van der Waals surface area contributed by atoms with Gasteiger partial charge >= 0.3 is 0 Å². The molecule has 0 saturated carbocycles. The maximum atomic E-state index is 10.7. The van der Waals surface area contributed by atoms with Gasteiger partial charge in [0.05, 0.1) is 5.75 Å². The minimum absolute atomic E-state index is 0.0987. The van der Waals surface area contributed by atoms with Crippen LogP contribution in [0.5, 0.6) is 0 Å². The third-order valence-electron chi connectivity index (χ3n) is 1.77. The highest BCUT2D eigenvalue weighted by atomic mass is 35.7. The largest absolute Gasteiger partial charge is 0.236 e. The van der Waals surface area contributed by atoms with Crippen LogP contribution in [0.25, 0.3) is 0 Å². The summed E-state index contributed by atoms with van der Waals surface area (Å²) >= 11 is 0. The average Bonchev–Trinajstić information content (AvgIpc) is 2.03. The quantitative estimate of drug-likeness (QED) is 0.730. The van der Waals surface area contributed by atoms with Crippen molar-refractivity contribution in [1.82, 2.24) is 0 Å². The number of hydrogen-bond donors (Lipinski definition) is 0. The molecule has 13 heavy (non-hydrogen) atoms. The van der Waals surface area contributed by atoms with Gasteiger partial charge in [-0.2, -0.15) is 0 Å². The molecule has 0 aliphatic rings. The van der Waals surface area contributed by atoms with Gasteiger partial charge in [-0.1, -0.05) is 31.2 Å². The molecule has 0 amide bonds. The van der Waals surface area contributed by atoms with E-state index >= 15 is 0 Å². The molecule has 0 radical (unpaired) electrons. The highest BCUT2D eigenvalue weighted by Gasteiger charge is 2.05. The Hall–Kier alpha value is -0.540. The third-order valence-corrected chi connectivity index (χ3v) is 2.78. The minimum Gasteiger partial charge on any atom is -0.212 e. The van der Waals surface area contributed by atoms with Gasteiger partial charge in [0.2, 0.25) is 9.05 Å². The van der Waals surface area contributed by atoms with Crippen molar-refractivity contribution in [3.05, 3.63) is 35.4 Å². The SMILES string of the molecule is CCc1ccc(CS(=O)(=O)Cl)cc1. The van der Waals surface area contributed by atoms with Gasteiger partial charge < -0.3 is 0 Å². The summed E-state index contributed by atoms with van der Waals surface area (Å²) in [7, 11) is 1.69. The first-order valence-corrected chi connectivity index (χ1v) is 6.49. The van der Waals surface area contributed by atoms with E-state index in [4.69, 9.17) is 10.7 Å². The Morgan fingerprint density at radius 2 is 1.62 bits per heavy atom. The highest BCUT2D eigenvalue weighted by molar-refractivity contribution is 8.13. The predicted molar refractivity (Wildman–Crippen MR) is 54.3 cm³/mol. The van der Waals surface area contributed by atoms with E-state index in [9.17, 15) is 8.42 Å². The zero-order chi connectivity index (χ0) is 9.90. The van der Waals surface area contributed by atoms with E-state index in [-0.39, 0.29) is 5.75 Å². The third kappa shape index (κ3) is 3.79. The maximum Gasteiger partial charge on any atom is 0.236 e. The van der Waals surface area contributed by atoms with Crippen molar-refractivity contribution in [1.29, 1.82) is 0 Å². The van der Waals surface area contributed by atoms with Gasteiger partial charge in [-0.3, -0.25) is 0 Å². The summed E-state index contributed by atoms with van der Waals surface area (Å²) in [5, 5.41) is 0. The van der Waals surface area contributed by atoms with E-state index in [1.54, 1.807) is 12.1 Å². The first-order chi connectivity index (χ1) is 6.01. The van der Waals surface area contributed by atoms with Crippen LogP contribution in [0.4, 0.5) is 0 Å². The van der Waals surface area contributed by atoms with Crippen LogP contribution in [0, 0.1) is 0 Å². The topological polar surface area (TPSA) is 34.1 Å². The molecule has 0 atom stereocenters. The van der Waals surface area contributed by atoms with Crippen LogP contribution in [0.2, 0.25) is 0 Å². The summed E-state index contributed by atoms with van der Waals surface area (Å²) in [4.78, 5) is 0. The number of hydrogen-bond acceptors (Lipinski definition) is 2. The van der Waals surface area contributed by atoms with E-state index in [2.05, 4.69) is 0 Å². The molecule has 2 nitrogen and oxygen atoms in total. The first-order valence-electron chi connectivity index (χ1n) is 4.01. The summed E-state index contributed by atoms with van der Waals surface area (Å²) in [5.74, 6) is -0.0987. The molecule has 0 bridgehead atoms. The van der Waals surface area contributed by atoms with Gasteiger partial charge in [0.25, 0.3) is 0 Å². The molecule has 1 aromatic rings. The summed E-state index contributed by atoms with van der Waals surface area (Å²) in [6.45, 7) is 2.05. The number of benzene rings is 1. The second-order valence-corrected chi connectivity index (χ2v) is 5.63. The lowest BCUT2D eigenvalue weighted by Crippen LogP contribution is -1.94. The number of halogens is 1. The van der Waals surface area contributed by atoms with Crippen LogP contribution in [0.3, 0.4) is 0 Å². The van der Waals surface area contributed by atoms with Crippen molar-refractivity contribution in [2.75, 3.05) is 0 Å². The molecule has 0 heterocycles. The van der Waals surface area contributed by atoms with Gasteiger partial charge in [-0.05, 0) is 17.5 Å². The lowest BCUT2D eigenvalue weighted by Gasteiger charge is -1.99. The van der Waals surface area contributed by atoms with E-state index in [0.29, 0.717) is 0 Å². The van der Waals surface area contributed by atoms with Crippen molar-refractivity contribution in [3.63, 3.8) is 0 Å². The van der Waals surface area contributed by atoms with Crippen LogP contribution in [0.1, 0.15) is 18.1 Å². The van der Waals surface area contributed by atoms with Crippen LogP contribution in [-0.2, 0) is 21.2 Å². The number of aryl methyl sites for hydroxylation is 1. The van der Waals surface area contributed by atoms with Crippen molar-refractivity contribution < 1.29 is 8.42 Å². The fourth-order valence-electron chi connectivity index (χ4n) is 1.07. The lowest BCUT2D eigenvalue weighted by atomic mass is 10.1. The van der Waals surface area contributed by atoms with Crippen molar-refractivity contribution >= 4 is 19.7 Å². The first kappa shape index (κ1) is 10.5. The van der Waals surface area contributed by atoms with Crippen LogP contribution >= 0.6 is 10.7 Å². The van der Waals surface area contributed by atoms with Crippen LogP contribution < -0.4 is 0 Å². The molecule has 0 aliphatic carbocycles. The van der Waals surface area contributed by atoms with Crippen molar-refractivity contribution in [2.45, 2.75) is 19.1 Å². The molecule has 1 aromatic carbocycles. The molecular weight excluding hydrogens is 208 g/mol. The van der Waals surface area contributed by atoms with Gasteiger partial charge in [-0.15, -0.1) is 0 Å². The summed E-state index contributed by atoms with van der Waals surface area (Å²) in [6, 6.07) is 7.41. The molecule has 0 N–H and O–H groups in total. The summed E-state index contributed by atoms with van der Waals surface area (Å²) in [5.41, 5.74) is 1.92. The molecule has 0 spiro atoms. The number of rotatable bonds is 3. The van der Waals surface area contributed by atoms with Crippen LogP contribution in [0.15, 0.2) is 24.3 Å². The highest BCUT2D eigenvalue weighted by Crippen LogP contribution is 2.11. The van der Waals surface area contributed by atoms with E-state index in [1.807, 2.05) is 19.1 Å². The second-order valence-electron chi connectivity index (χ2n) is 2.85. The molecule has 1 rings (SSSR count). The Morgan fingerprint density at radius 3 is 2.00 bits per heavy atom. The van der Waals surface area contributed by atoms with E-state index < -0.39 is 9.05 Å². The molecule has 0 aromatic heterocycles. The Morgan fingerprint density at radius 1 is 1.15 bits per heavy atom. The smallest absolute Gasteiger partial charge is 0.212 e. The molecule has 0 aliphatic heterocycles. The Balaban J connectivity index is 2.81. The van der Waals surface area contributed by atoms with E-state index in [0.717, 1.165) is 12.0 Å². The molecular formula is C9H11ClO2S. The minimum atomic E-state index is -3.42. The Labute approximate surface area is 83.0 Å². The zero-order valence-corrected chi connectivity index (χ0v) is 8.90. The van der Waals surface area contributed by atoms with Gasteiger partial charge in [0.15, 0.2) is 0 Å². The zero-order valence-electron chi connectivity index (χ0n) is 7.33. The molecule has 72 valence electrons. The fourth-order valence-corrected chi connectivity index (χ4v) is 2.04. The monoisotopic (exact) mass is 218 g/mol. The normalized spacial score (nSPS) is 11.5. The molecule has 4 heteroatoms. The molecule has 0 saturated heterocycles. The molecule has 0 unspecified atom stereocenters. The Kier molecular flexibility index (Phi) is 3.33. The van der Waals surface area contributed by atoms with Crippen molar-refractivity contribution in [2.24, 2.45) is 0 Å². The Bertz CT molecular complexity index is 367. The lowest BCUT2D eigenvalue weighted by molar-refractivity contribution is 0.609.